The number of amides is 2. The van der Waals surface area contributed by atoms with E-state index in [0.717, 1.165) is 6.42 Å². The van der Waals surface area contributed by atoms with Crippen LogP contribution >= 0.6 is 0 Å². The maximum atomic E-state index is 13.5. The second-order valence-electron chi connectivity index (χ2n) is 7.69. The van der Waals surface area contributed by atoms with Crippen molar-refractivity contribution in [2.24, 2.45) is 0 Å². The number of ether oxygens (including phenoxy) is 2. The molecule has 4 rings (SSSR count). The number of pyridine rings is 1. The zero-order valence-corrected chi connectivity index (χ0v) is 19.3. The molecule has 7 heteroatoms. The van der Waals surface area contributed by atoms with Crippen molar-refractivity contribution in [3.8, 4) is 11.5 Å². The zero-order chi connectivity index (χ0) is 23.9. The number of carbonyl (C=O) groups excluding carboxylic acids is 2. The number of nitrogens with one attached hydrogen (secondary N) is 1. The summed E-state index contributed by atoms with van der Waals surface area (Å²) in [7, 11) is 0. The molecule has 1 aliphatic heterocycles. The number of nitrogens with zero attached hydrogens (tertiary/aromatic N) is 2. The quantitative estimate of drug-likeness (QED) is 0.446. The molecule has 0 radical (unpaired) electrons. The molecule has 0 aliphatic carbocycles. The van der Waals surface area contributed by atoms with Crippen molar-refractivity contribution in [1.29, 1.82) is 0 Å². The number of anilines is 1. The van der Waals surface area contributed by atoms with Crippen LogP contribution in [0.3, 0.4) is 0 Å². The van der Waals surface area contributed by atoms with E-state index < -0.39 is 5.91 Å². The van der Waals surface area contributed by atoms with Crippen molar-refractivity contribution in [3.05, 3.63) is 89.9 Å². The second kappa shape index (κ2) is 10.7. The first-order valence-electron chi connectivity index (χ1n) is 11.3. The molecule has 3 aromatic rings. The van der Waals surface area contributed by atoms with Crippen LogP contribution < -0.4 is 14.8 Å². The molecule has 0 atom stereocenters. The maximum absolute atomic E-state index is 13.5. The van der Waals surface area contributed by atoms with E-state index in [9.17, 15) is 9.59 Å². The van der Waals surface area contributed by atoms with Gasteiger partial charge in [-0.2, -0.15) is 0 Å². The van der Waals surface area contributed by atoms with Gasteiger partial charge in [0, 0.05) is 6.20 Å². The number of hydrogen-bond donors (Lipinski definition) is 1. The number of para-hydroxylation sites is 2. The minimum atomic E-state index is -0.414. The van der Waals surface area contributed by atoms with Gasteiger partial charge in [-0.05, 0) is 55.3 Å². The second-order valence-corrected chi connectivity index (χ2v) is 7.69. The zero-order valence-electron chi connectivity index (χ0n) is 19.3. The van der Waals surface area contributed by atoms with Crippen molar-refractivity contribution >= 4 is 23.1 Å². The van der Waals surface area contributed by atoms with Crippen LogP contribution in [0.2, 0.25) is 0 Å². The Balaban J connectivity index is 1.72. The number of carbonyl (C=O) groups is 2. The van der Waals surface area contributed by atoms with E-state index >= 15 is 0 Å². The monoisotopic (exact) mass is 457 g/mol. The fourth-order valence-corrected chi connectivity index (χ4v) is 3.68. The topological polar surface area (TPSA) is 80.8 Å². The number of rotatable bonds is 10. The van der Waals surface area contributed by atoms with Gasteiger partial charge in [-0.3, -0.25) is 19.5 Å². The molecule has 0 bridgehead atoms. The normalized spacial score (nSPS) is 13.4. The molecule has 0 saturated heterocycles. The first kappa shape index (κ1) is 23.0. The molecular weight excluding hydrogens is 430 g/mol. The summed E-state index contributed by atoms with van der Waals surface area (Å²) in [4.78, 5) is 32.5. The highest BCUT2D eigenvalue weighted by molar-refractivity contribution is 6.36. The summed E-state index contributed by atoms with van der Waals surface area (Å²) in [6, 6.07) is 20.0. The van der Waals surface area contributed by atoms with E-state index in [1.807, 2.05) is 56.3 Å². The Morgan fingerprint density at radius 2 is 1.65 bits per heavy atom. The van der Waals surface area contributed by atoms with E-state index in [1.54, 1.807) is 30.5 Å². The highest BCUT2D eigenvalue weighted by atomic mass is 16.5. The van der Waals surface area contributed by atoms with Crippen LogP contribution in [-0.2, 0) is 16.1 Å². The predicted octanol–water partition coefficient (Wildman–Crippen LogP) is 4.66. The molecule has 0 fully saturated rings. The summed E-state index contributed by atoms with van der Waals surface area (Å²) in [5.41, 5.74) is 2.37. The van der Waals surface area contributed by atoms with Crippen molar-refractivity contribution in [2.75, 3.05) is 18.5 Å². The molecule has 174 valence electrons. The fourth-order valence-electron chi connectivity index (χ4n) is 3.68. The van der Waals surface area contributed by atoms with Crippen LogP contribution in [0, 0.1) is 0 Å². The third kappa shape index (κ3) is 4.93. The molecule has 1 N–H and O–H groups in total. The number of hydrogen-bond acceptors (Lipinski definition) is 6. The molecular formula is C27H27N3O4. The van der Waals surface area contributed by atoms with E-state index in [2.05, 4.69) is 10.3 Å². The van der Waals surface area contributed by atoms with Crippen molar-refractivity contribution < 1.29 is 19.1 Å². The van der Waals surface area contributed by atoms with Crippen LogP contribution in [-0.4, -0.2) is 34.9 Å². The lowest BCUT2D eigenvalue weighted by molar-refractivity contribution is -0.137. The lowest BCUT2D eigenvalue weighted by Crippen LogP contribution is -2.32. The number of imide groups is 1. The van der Waals surface area contributed by atoms with Gasteiger partial charge in [-0.15, -0.1) is 0 Å². The van der Waals surface area contributed by atoms with Crippen LogP contribution in [0.1, 0.15) is 31.5 Å². The molecule has 0 unspecified atom stereocenters. The summed E-state index contributed by atoms with van der Waals surface area (Å²) in [6.45, 7) is 5.09. The fraction of sp³-hybridized carbons (Fsp3) is 0.222. The molecule has 7 nitrogen and oxygen atoms in total. The van der Waals surface area contributed by atoms with Crippen LogP contribution in [0.15, 0.2) is 78.6 Å². The first-order chi connectivity index (χ1) is 16.6. The average molecular weight is 458 g/mol. The average Bonchev–Trinajstić information content (AvgIpc) is 3.09. The standard InChI is InChI=1S/C27H27N3O4/c1-3-17-34-21-14-12-19(13-15-21)24-25(29-22-10-5-6-11-23(22)33-4-2)27(32)30(26(24)31)18-20-9-7-8-16-28-20/h5-16,29H,3-4,17-18H2,1-2H3. The Bertz CT molecular complexity index is 1190. The van der Waals surface area contributed by atoms with Gasteiger partial charge in [0.15, 0.2) is 0 Å². The van der Waals surface area contributed by atoms with Crippen LogP contribution in [0.4, 0.5) is 5.69 Å². The highest BCUT2D eigenvalue weighted by Gasteiger charge is 2.39. The van der Waals surface area contributed by atoms with Gasteiger partial charge in [0.1, 0.15) is 17.2 Å². The molecule has 34 heavy (non-hydrogen) atoms. The van der Waals surface area contributed by atoms with E-state index in [1.165, 1.54) is 4.90 Å². The Hall–Kier alpha value is -4.13. The molecule has 0 spiro atoms. The lowest BCUT2D eigenvalue weighted by atomic mass is 10.0. The van der Waals surface area contributed by atoms with Crippen LogP contribution in [0.25, 0.3) is 5.57 Å². The Kier molecular flexibility index (Phi) is 7.22. The highest BCUT2D eigenvalue weighted by Crippen LogP contribution is 2.34. The minimum absolute atomic E-state index is 0.0813. The summed E-state index contributed by atoms with van der Waals surface area (Å²) in [6.07, 6.45) is 2.54. The summed E-state index contributed by atoms with van der Waals surface area (Å²) >= 11 is 0. The predicted molar refractivity (Wildman–Crippen MR) is 130 cm³/mol. The first-order valence-corrected chi connectivity index (χ1v) is 11.3. The van der Waals surface area contributed by atoms with Crippen molar-refractivity contribution in [3.63, 3.8) is 0 Å². The minimum Gasteiger partial charge on any atom is -0.494 e. The third-order valence-corrected chi connectivity index (χ3v) is 5.28. The van der Waals surface area contributed by atoms with E-state index in [-0.39, 0.29) is 18.1 Å². The lowest BCUT2D eigenvalue weighted by Gasteiger charge is -2.15. The smallest absolute Gasteiger partial charge is 0.278 e. The number of benzene rings is 2. The summed E-state index contributed by atoms with van der Waals surface area (Å²) in [5.74, 6) is 0.519. The van der Waals surface area contributed by atoms with Gasteiger partial charge < -0.3 is 14.8 Å². The van der Waals surface area contributed by atoms with E-state index in [0.29, 0.717) is 47.2 Å². The van der Waals surface area contributed by atoms with Crippen LogP contribution in [0.5, 0.6) is 11.5 Å². The maximum Gasteiger partial charge on any atom is 0.278 e. The van der Waals surface area contributed by atoms with Gasteiger partial charge in [-0.1, -0.05) is 37.3 Å². The van der Waals surface area contributed by atoms with Gasteiger partial charge in [0.05, 0.1) is 36.7 Å². The third-order valence-electron chi connectivity index (χ3n) is 5.28. The molecule has 2 aromatic carbocycles. The van der Waals surface area contributed by atoms with Crippen molar-refractivity contribution in [2.45, 2.75) is 26.8 Å². The van der Waals surface area contributed by atoms with Gasteiger partial charge in [0.25, 0.3) is 11.8 Å². The Morgan fingerprint density at radius 3 is 2.35 bits per heavy atom. The van der Waals surface area contributed by atoms with Gasteiger partial charge >= 0.3 is 0 Å². The SMILES string of the molecule is CCCOc1ccc(C2=C(Nc3ccccc3OCC)C(=O)N(Cc3ccccn3)C2=O)cc1. The molecule has 2 heterocycles. The molecule has 2 amide bonds. The van der Waals surface area contributed by atoms with E-state index in [4.69, 9.17) is 9.47 Å². The van der Waals surface area contributed by atoms with Gasteiger partial charge in [-0.25, -0.2) is 0 Å². The van der Waals surface area contributed by atoms with Crippen molar-refractivity contribution in [1.82, 2.24) is 9.88 Å². The Morgan fingerprint density at radius 1 is 0.882 bits per heavy atom. The Labute approximate surface area is 199 Å². The molecule has 1 aromatic heterocycles. The largest absolute Gasteiger partial charge is 0.494 e. The molecule has 0 saturated carbocycles. The van der Waals surface area contributed by atoms with Gasteiger partial charge in [0.2, 0.25) is 0 Å². The summed E-state index contributed by atoms with van der Waals surface area (Å²) < 4.78 is 11.4. The summed E-state index contributed by atoms with van der Waals surface area (Å²) in [5, 5.41) is 3.18. The molecule has 1 aliphatic rings. The number of aromatic nitrogens is 1.